The highest BCUT2D eigenvalue weighted by atomic mass is 35.5. The summed E-state index contributed by atoms with van der Waals surface area (Å²) >= 11 is 5.88. The molecule has 0 aliphatic carbocycles. The fourth-order valence-electron chi connectivity index (χ4n) is 2.38. The molecule has 1 heterocycles. The molecular formula is C16H12ClF8N3O. The fraction of sp³-hybridized carbons (Fsp3) is 0.375. The van der Waals surface area contributed by atoms with E-state index in [2.05, 4.69) is 5.10 Å². The maximum absolute atomic E-state index is 13.9. The minimum atomic E-state index is -6.65. The SMILES string of the molecule is Cc1nn(Cc2c(F)cccc2Cl)c(C)c1NC(=O)C(F)(F)C(F)(F)C(F)(F)F. The first kappa shape index (κ1) is 22.9. The zero-order valence-electron chi connectivity index (χ0n) is 14.6. The molecule has 4 nitrogen and oxygen atoms in total. The van der Waals surface area contributed by atoms with Gasteiger partial charge in [-0.3, -0.25) is 9.48 Å². The molecular weight excluding hydrogens is 438 g/mol. The lowest BCUT2D eigenvalue weighted by Crippen LogP contribution is -2.57. The van der Waals surface area contributed by atoms with Crippen molar-refractivity contribution in [3.63, 3.8) is 0 Å². The van der Waals surface area contributed by atoms with Crippen LogP contribution in [0.15, 0.2) is 18.2 Å². The molecule has 13 heteroatoms. The molecule has 0 spiro atoms. The highest BCUT2D eigenvalue weighted by Gasteiger charge is 2.76. The summed E-state index contributed by atoms with van der Waals surface area (Å²) < 4.78 is 105. The van der Waals surface area contributed by atoms with Crippen molar-refractivity contribution >= 4 is 23.2 Å². The number of anilines is 1. The monoisotopic (exact) mass is 449 g/mol. The molecule has 0 radical (unpaired) electrons. The molecule has 0 aliphatic heterocycles. The van der Waals surface area contributed by atoms with Crippen LogP contribution >= 0.6 is 11.6 Å². The Hall–Kier alpha value is -2.37. The van der Waals surface area contributed by atoms with E-state index < -0.39 is 35.4 Å². The van der Waals surface area contributed by atoms with Gasteiger partial charge in [0.2, 0.25) is 0 Å². The molecule has 160 valence electrons. The van der Waals surface area contributed by atoms with Crippen LogP contribution in [-0.4, -0.2) is 33.7 Å². The molecule has 0 bridgehead atoms. The first-order chi connectivity index (χ1) is 13.1. The summed E-state index contributed by atoms with van der Waals surface area (Å²) in [6.07, 6.45) is -6.65. The largest absolute Gasteiger partial charge is 0.460 e. The second-order valence-corrected chi connectivity index (χ2v) is 6.41. The highest BCUT2D eigenvalue weighted by molar-refractivity contribution is 6.31. The Morgan fingerprint density at radius 2 is 1.72 bits per heavy atom. The number of alkyl halides is 7. The van der Waals surface area contributed by atoms with Gasteiger partial charge in [-0.25, -0.2) is 4.39 Å². The van der Waals surface area contributed by atoms with Gasteiger partial charge in [-0.2, -0.15) is 35.8 Å². The summed E-state index contributed by atoms with van der Waals surface area (Å²) in [6.45, 7) is 2.08. The maximum Gasteiger partial charge on any atom is 0.460 e. The van der Waals surface area contributed by atoms with Crippen molar-refractivity contribution in [1.29, 1.82) is 0 Å². The van der Waals surface area contributed by atoms with Gasteiger partial charge in [0.15, 0.2) is 0 Å². The van der Waals surface area contributed by atoms with E-state index in [0.717, 1.165) is 10.7 Å². The zero-order valence-corrected chi connectivity index (χ0v) is 15.4. The molecule has 29 heavy (non-hydrogen) atoms. The van der Waals surface area contributed by atoms with Crippen LogP contribution in [0.3, 0.4) is 0 Å². The Bertz CT molecular complexity index is 919. The second-order valence-electron chi connectivity index (χ2n) is 6.00. The van der Waals surface area contributed by atoms with Crippen LogP contribution in [0.25, 0.3) is 0 Å². The lowest BCUT2D eigenvalue weighted by atomic mass is 10.1. The number of nitrogens with zero attached hydrogens (tertiary/aromatic N) is 2. The van der Waals surface area contributed by atoms with Gasteiger partial charge in [-0.15, -0.1) is 0 Å². The number of carbonyl (C=O) groups excluding carboxylic acids is 1. The Morgan fingerprint density at radius 1 is 1.14 bits per heavy atom. The smallest absolute Gasteiger partial charge is 0.317 e. The Morgan fingerprint density at radius 3 is 2.24 bits per heavy atom. The average molecular weight is 450 g/mol. The Balaban J connectivity index is 2.35. The van der Waals surface area contributed by atoms with E-state index in [-0.39, 0.29) is 28.5 Å². The number of aromatic nitrogens is 2. The van der Waals surface area contributed by atoms with Gasteiger partial charge in [0.1, 0.15) is 5.82 Å². The number of halogens is 9. The third-order valence-corrected chi connectivity index (χ3v) is 4.38. The third kappa shape index (κ3) is 4.02. The van der Waals surface area contributed by atoms with Gasteiger partial charge in [-0.05, 0) is 26.0 Å². The van der Waals surface area contributed by atoms with Crippen molar-refractivity contribution < 1.29 is 39.9 Å². The quantitative estimate of drug-likeness (QED) is 0.645. The Labute approximate surface area is 163 Å². The van der Waals surface area contributed by atoms with Gasteiger partial charge >= 0.3 is 23.9 Å². The predicted molar refractivity (Wildman–Crippen MR) is 86.8 cm³/mol. The molecule has 1 N–H and O–H groups in total. The molecule has 1 aromatic heterocycles. The maximum atomic E-state index is 13.9. The number of benzene rings is 1. The third-order valence-electron chi connectivity index (χ3n) is 4.03. The van der Waals surface area contributed by atoms with Crippen LogP contribution in [-0.2, 0) is 11.3 Å². The average Bonchev–Trinajstić information content (AvgIpc) is 2.84. The Kier molecular flexibility index (Phi) is 5.90. The molecule has 1 amide bonds. The molecule has 0 atom stereocenters. The number of aryl methyl sites for hydroxylation is 1. The molecule has 2 aromatic rings. The van der Waals surface area contributed by atoms with Crippen molar-refractivity contribution in [1.82, 2.24) is 9.78 Å². The van der Waals surface area contributed by atoms with E-state index in [0.29, 0.717) is 0 Å². The summed E-state index contributed by atoms with van der Waals surface area (Å²) in [5, 5.41) is 5.22. The number of carbonyl (C=O) groups is 1. The fourth-order valence-corrected chi connectivity index (χ4v) is 2.60. The summed E-state index contributed by atoms with van der Waals surface area (Å²) in [7, 11) is 0. The van der Waals surface area contributed by atoms with E-state index in [9.17, 15) is 39.9 Å². The number of hydrogen-bond acceptors (Lipinski definition) is 2. The zero-order chi connectivity index (χ0) is 22.4. The van der Waals surface area contributed by atoms with E-state index in [1.807, 2.05) is 0 Å². The van der Waals surface area contributed by atoms with Crippen molar-refractivity contribution in [2.24, 2.45) is 0 Å². The van der Waals surface area contributed by atoms with Crippen molar-refractivity contribution in [3.8, 4) is 0 Å². The molecule has 1 aromatic carbocycles. The highest BCUT2D eigenvalue weighted by Crippen LogP contribution is 2.47. The predicted octanol–water partition coefficient (Wildman–Crippen LogP) is 5.11. The first-order valence-electron chi connectivity index (χ1n) is 7.72. The summed E-state index contributed by atoms with van der Waals surface area (Å²) in [6, 6.07) is 3.79. The van der Waals surface area contributed by atoms with Crippen molar-refractivity contribution in [2.45, 2.75) is 38.4 Å². The molecule has 0 unspecified atom stereocenters. The van der Waals surface area contributed by atoms with Gasteiger partial charge in [-0.1, -0.05) is 17.7 Å². The molecule has 0 fully saturated rings. The van der Waals surface area contributed by atoms with Gasteiger partial charge < -0.3 is 5.32 Å². The van der Waals surface area contributed by atoms with E-state index >= 15 is 0 Å². The number of rotatable bonds is 5. The van der Waals surface area contributed by atoms with Crippen LogP contribution in [0.1, 0.15) is 17.0 Å². The van der Waals surface area contributed by atoms with E-state index in [1.165, 1.54) is 31.3 Å². The first-order valence-corrected chi connectivity index (χ1v) is 8.09. The van der Waals surface area contributed by atoms with Gasteiger partial charge in [0.25, 0.3) is 0 Å². The van der Waals surface area contributed by atoms with Crippen molar-refractivity contribution in [2.75, 3.05) is 5.32 Å². The minimum Gasteiger partial charge on any atom is -0.317 e. The molecule has 0 aliphatic rings. The lowest BCUT2D eigenvalue weighted by Gasteiger charge is -2.27. The summed E-state index contributed by atoms with van der Waals surface area (Å²) in [5.74, 6) is -16.3. The minimum absolute atomic E-state index is 0.0134. The van der Waals surface area contributed by atoms with E-state index in [1.54, 1.807) is 0 Å². The molecule has 0 saturated heterocycles. The van der Waals surface area contributed by atoms with Crippen LogP contribution < -0.4 is 5.32 Å². The normalized spacial score (nSPS) is 12.9. The number of nitrogens with one attached hydrogen (secondary N) is 1. The van der Waals surface area contributed by atoms with Crippen LogP contribution in [0, 0.1) is 19.7 Å². The van der Waals surface area contributed by atoms with Gasteiger partial charge in [0.05, 0.1) is 23.6 Å². The van der Waals surface area contributed by atoms with E-state index in [4.69, 9.17) is 11.6 Å². The topological polar surface area (TPSA) is 46.9 Å². The van der Waals surface area contributed by atoms with Crippen LogP contribution in [0.4, 0.5) is 40.8 Å². The van der Waals surface area contributed by atoms with Crippen LogP contribution in [0.2, 0.25) is 5.02 Å². The van der Waals surface area contributed by atoms with Gasteiger partial charge in [0, 0.05) is 10.6 Å². The second kappa shape index (κ2) is 7.47. The number of hydrogen-bond donors (Lipinski definition) is 1. The standard InChI is InChI=1S/C16H12ClF8N3O/c1-7-12(26-13(29)14(19,20)15(21,22)16(23,24)25)8(2)28(27-7)6-9-10(17)4-3-5-11(9)18/h3-5H,6H2,1-2H3,(H,26,29). The molecule has 2 rings (SSSR count). The molecule has 0 saturated carbocycles. The summed E-state index contributed by atoms with van der Waals surface area (Å²) in [4.78, 5) is 11.5. The van der Waals surface area contributed by atoms with Crippen LogP contribution in [0.5, 0.6) is 0 Å². The summed E-state index contributed by atoms with van der Waals surface area (Å²) in [5.41, 5.74) is -0.817. The number of amides is 1. The lowest BCUT2D eigenvalue weighted by molar-refractivity contribution is -0.343. The van der Waals surface area contributed by atoms with Crippen molar-refractivity contribution in [3.05, 3.63) is 46.0 Å².